The minimum atomic E-state index is -0.696. The number of hydrogen-bond acceptors (Lipinski definition) is 2. The number of hydrogen-bond donors (Lipinski definition) is 1. The van der Waals surface area contributed by atoms with Crippen molar-refractivity contribution in [3.05, 3.63) is 0 Å². The zero-order valence-corrected chi connectivity index (χ0v) is 6.41. The largest absolute Gasteiger partial charge is 0.481 e. The van der Waals surface area contributed by atoms with Crippen molar-refractivity contribution in [3.8, 4) is 0 Å². The maximum Gasteiger partial charge on any atom is 0.304 e. The Balaban J connectivity index is 2.83. The number of carboxylic acid groups (broad SMARTS) is 1. The molecule has 0 bridgehead atoms. The minimum Gasteiger partial charge on any atom is -0.481 e. The smallest absolute Gasteiger partial charge is 0.304 e. The van der Waals surface area contributed by atoms with Crippen LogP contribution in [-0.2, 0) is 4.79 Å². The molecule has 0 rings (SSSR count). The molecule has 1 N–H and O–H groups in total. The number of carbonyl (C=O) groups is 1. The molecule has 0 aromatic carbocycles. The van der Waals surface area contributed by atoms with Crippen LogP contribution in [0, 0.1) is 0 Å². The fourth-order valence-corrected chi connectivity index (χ4v) is 1.22. The topological polar surface area (TPSA) is 37.3 Å². The molecular formula is C6H12O2S. The van der Waals surface area contributed by atoms with Gasteiger partial charge in [0.15, 0.2) is 0 Å². The lowest BCUT2D eigenvalue weighted by Crippen LogP contribution is -1.96. The van der Waals surface area contributed by atoms with E-state index in [1.807, 2.05) is 0 Å². The van der Waals surface area contributed by atoms with Gasteiger partial charge in [0, 0.05) is 5.75 Å². The molecule has 0 heterocycles. The summed E-state index contributed by atoms with van der Waals surface area (Å²) in [4.78, 5) is 9.95. The molecule has 9 heavy (non-hydrogen) atoms. The predicted molar refractivity (Wildman–Crippen MR) is 39.9 cm³/mol. The number of carboxylic acids is 1. The van der Waals surface area contributed by atoms with E-state index in [0.29, 0.717) is 6.42 Å². The summed E-state index contributed by atoms with van der Waals surface area (Å²) in [6, 6.07) is 0. The Bertz CT molecular complexity index is 83.1. The standard InChI is InChI=1S/C6H12O2S/c1-2-4-9-5-3-6(7)8/h2-5H2,1H3,(H,7,8). The molecule has 0 aliphatic heterocycles. The van der Waals surface area contributed by atoms with Crippen LogP contribution in [0.3, 0.4) is 0 Å². The van der Waals surface area contributed by atoms with Crippen LogP contribution in [-0.4, -0.2) is 22.6 Å². The summed E-state index contributed by atoms with van der Waals surface area (Å²) in [5.41, 5.74) is 0. The Morgan fingerprint density at radius 2 is 2.22 bits per heavy atom. The van der Waals surface area contributed by atoms with Crippen molar-refractivity contribution in [1.82, 2.24) is 0 Å². The van der Waals surface area contributed by atoms with Gasteiger partial charge in [-0.1, -0.05) is 6.92 Å². The van der Waals surface area contributed by atoms with Gasteiger partial charge < -0.3 is 5.11 Å². The summed E-state index contributed by atoms with van der Waals surface area (Å²) in [6.07, 6.45) is 1.43. The summed E-state index contributed by atoms with van der Waals surface area (Å²) in [5.74, 6) is 1.13. The maximum absolute atomic E-state index is 9.95. The second kappa shape index (κ2) is 5.95. The SMILES string of the molecule is CCCSCCC(=O)O. The quantitative estimate of drug-likeness (QED) is 0.602. The highest BCUT2D eigenvalue weighted by Crippen LogP contribution is 2.02. The van der Waals surface area contributed by atoms with E-state index in [1.54, 1.807) is 11.8 Å². The third-order valence-electron chi connectivity index (χ3n) is 0.809. The number of rotatable bonds is 5. The van der Waals surface area contributed by atoms with Crippen LogP contribution < -0.4 is 0 Å². The number of thioether (sulfide) groups is 1. The molecule has 2 nitrogen and oxygen atoms in total. The minimum absolute atomic E-state index is 0.296. The van der Waals surface area contributed by atoms with Crippen molar-refractivity contribution in [3.63, 3.8) is 0 Å². The Kier molecular flexibility index (Phi) is 5.83. The van der Waals surface area contributed by atoms with Crippen molar-refractivity contribution in [2.75, 3.05) is 11.5 Å². The summed E-state index contributed by atoms with van der Waals surface area (Å²) in [7, 11) is 0. The summed E-state index contributed by atoms with van der Waals surface area (Å²) in [5, 5.41) is 8.20. The highest BCUT2D eigenvalue weighted by Gasteiger charge is 1.94. The zero-order valence-electron chi connectivity index (χ0n) is 5.59. The van der Waals surface area contributed by atoms with Gasteiger partial charge in [-0.15, -0.1) is 0 Å². The summed E-state index contributed by atoms with van der Waals surface area (Å²) >= 11 is 1.70. The number of aliphatic carboxylic acids is 1. The van der Waals surface area contributed by atoms with Crippen molar-refractivity contribution in [2.24, 2.45) is 0 Å². The van der Waals surface area contributed by atoms with E-state index in [4.69, 9.17) is 5.11 Å². The van der Waals surface area contributed by atoms with Crippen LogP contribution in [0.2, 0.25) is 0 Å². The van der Waals surface area contributed by atoms with Gasteiger partial charge in [-0.2, -0.15) is 11.8 Å². The predicted octanol–water partition coefficient (Wildman–Crippen LogP) is 1.60. The molecule has 0 spiro atoms. The summed E-state index contributed by atoms with van der Waals surface area (Å²) in [6.45, 7) is 2.09. The molecule has 0 fully saturated rings. The van der Waals surface area contributed by atoms with Gasteiger partial charge in [-0.25, -0.2) is 0 Å². The Morgan fingerprint density at radius 3 is 2.67 bits per heavy atom. The van der Waals surface area contributed by atoms with E-state index in [0.717, 1.165) is 17.9 Å². The van der Waals surface area contributed by atoms with Crippen LogP contribution in [0.4, 0.5) is 0 Å². The molecule has 0 radical (unpaired) electrons. The van der Waals surface area contributed by atoms with Crippen molar-refractivity contribution < 1.29 is 9.90 Å². The van der Waals surface area contributed by atoms with E-state index in [9.17, 15) is 4.79 Å². The molecule has 3 heteroatoms. The van der Waals surface area contributed by atoms with E-state index in [2.05, 4.69) is 6.92 Å². The van der Waals surface area contributed by atoms with E-state index in [-0.39, 0.29) is 0 Å². The van der Waals surface area contributed by atoms with Gasteiger partial charge >= 0.3 is 5.97 Å². The third-order valence-corrected chi connectivity index (χ3v) is 2.00. The fourth-order valence-electron chi connectivity index (χ4n) is 0.406. The van der Waals surface area contributed by atoms with Crippen LogP contribution in [0.15, 0.2) is 0 Å². The highest BCUT2D eigenvalue weighted by molar-refractivity contribution is 7.99. The van der Waals surface area contributed by atoms with Crippen LogP contribution in [0.25, 0.3) is 0 Å². The molecule has 0 aliphatic carbocycles. The fraction of sp³-hybridized carbons (Fsp3) is 0.833. The van der Waals surface area contributed by atoms with Gasteiger partial charge in [0.2, 0.25) is 0 Å². The van der Waals surface area contributed by atoms with Gasteiger partial charge in [-0.05, 0) is 12.2 Å². The average molecular weight is 148 g/mol. The lowest BCUT2D eigenvalue weighted by Gasteiger charge is -1.93. The highest BCUT2D eigenvalue weighted by atomic mass is 32.2. The first kappa shape index (κ1) is 8.82. The van der Waals surface area contributed by atoms with Gasteiger partial charge in [0.05, 0.1) is 6.42 Å². The molecule has 0 aliphatic rings. The molecule has 0 atom stereocenters. The second-order valence-electron chi connectivity index (χ2n) is 1.76. The Morgan fingerprint density at radius 1 is 1.56 bits per heavy atom. The van der Waals surface area contributed by atoms with Crippen LogP contribution >= 0.6 is 11.8 Å². The first-order valence-corrected chi connectivity index (χ1v) is 4.22. The lowest BCUT2D eigenvalue weighted by molar-refractivity contribution is -0.136. The molecule has 0 aromatic rings. The van der Waals surface area contributed by atoms with Gasteiger partial charge in [0.1, 0.15) is 0 Å². The van der Waals surface area contributed by atoms with Crippen molar-refractivity contribution >= 4 is 17.7 Å². The van der Waals surface area contributed by atoms with Gasteiger partial charge in [0.25, 0.3) is 0 Å². The van der Waals surface area contributed by atoms with Crippen molar-refractivity contribution in [2.45, 2.75) is 19.8 Å². The molecular weight excluding hydrogens is 136 g/mol. The second-order valence-corrected chi connectivity index (χ2v) is 2.98. The normalized spacial score (nSPS) is 9.44. The van der Waals surface area contributed by atoms with Crippen molar-refractivity contribution in [1.29, 1.82) is 0 Å². The summed E-state index contributed by atoms with van der Waals surface area (Å²) < 4.78 is 0. The Labute approximate surface area is 59.6 Å². The lowest BCUT2D eigenvalue weighted by atomic mass is 10.5. The van der Waals surface area contributed by atoms with E-state index >= 15 is 0 Å². The first-order valence-electron chi connectivity index (χ1n) is 3.07. The molecule has 0 saturated heterocycles. The molecule has 54 valence electrons. The monoisotopic (exact) mass is 148 g/mol. The van der Waals surface area contributed by atoms with E-state index < -0.39 is 5.97 Å². The third kappa shape index (κ3) is 7.82. The molecule has 0 aromatic heterocycles. The maximum atomic E-state index is 9.95. The van der Waals surface area contributed by atoms with Crippen LogP contribution in [0.1, 0.15) is 19.8 Å². The average Bonchev–Trinajstić information content (AvgIpc) is 1.80. The Hall–Kier alpha value is -0.180. The van der Waals surface area contributed by atoms with Gasteiger partial charge in [-0.3, -0.25) is 4.79 Å². The van der Waals surface area contributed by atoms with Crippen LogP contribution in [0.5, 0.6) is 0 Å². The molecule has 0 amide bonds. The molecule has 0 unspecified atom stereocenters. The molecule has 0 saturated carbocycles. The zero-order chi connectivity index (χ0) is 7.11. The first-order chi connectivity index (χ1) is 4.27. The van der Waals surface area contributed by atoms with E-state index in [1.165, 1.54) is 0 Å².